The number of thioether (sulfide) groups is 1. The summed E-state index contributed by atoms with van der Waals surface area (Å²) in [6.45, 7) is 0. The SMILES string of the molecule is COc1c(N)ncnc1Nc1ccccc1SC. The highest BCUT2D eigenvalue weighted by atomic mass is 32.2. The number of benzene rings is 1. The molecule has 2 rings (SSSR count). The van der Waals surface area contributed by atoms with E-state index in [2.05, 4.69) is 15.3 Å². The monoisotopic (exact) mass is 262 g/mol. The van der Waals surface area contributed by atoms with Crippen LogP contribution in [0, 0.1) is 0 Å². The van der Waals surface area contributed by atoms with Gasteiger partial charge in [0.05, 0.1) is 12.8 Å². The van der Waals surface area contributed by atoms with Gasteiger partial charge >= 0.3 is 0 Å². The Bertz CT molecular complexity index is 547. The van der Waals surface area contributed by atoms with Crippen LogP contribution in [-0.4, -0.2) is 23.3 Å². The second-order valence-corrected chi connectivity index (χ2v) is 4.31. The molecule has 0 spiro atoms. The molecular formula is C12H14N4OS. The molecule has 0 aliphatic rings. The van der Waals surface area contributed by atoms with Gasteiger partial charge in [-0.25, -0.2) is 9.97 Å². The summed E-state index contributed by atoms with van der Waals surface area (Å²) in [4.78, 5) is 9.16. The molecule has 0 amide bonds. The van der Waals surface area contributed by atoms with Crippen molar-refractivity contribution in [3.05, 3.63) is 30.6 Å². The van der Waals surface area contributed by atoms with Crippen molar-refractivity contribution in [3.63, 3.8) is 0 Å². The van der Waals surface area contributed by atoms with E-state index in [1.807, 2.05) is 30.5 Å². The summed E-state index contributed by atoms with van der Waals surface area (Å²) in [5.74, 6) is 1.33. The number of ether oxygens (including phenoxy) is 1. The van der Waals surface area contributed by atoms with E-state index in [1.54, 1.807) is 18.9 Å². The number of rotatable bonds is 4. The quantitative estimate of drug-likeness (QED) is 0.825. The Hall–Kier alpha value is -1.95. The Morgan fingerprint density at radius 1 is 1.28 bits per heavy atom. The number of aromatic nitrogens is 2. The van der Waals surface area contributed by atoms with Gasteiger partial charge in [-0.05, 0) is 18.4 Å². The maximum atomic E-state index is 5.73. The summed E-state index contributed by atoms with van der Waals surface area (Å²) < 4.78 is 5.20. The van der Waals surface area contributed by atoms with Gasteiger partial charge in [0, 0.05) is 4.90 Å². The fourth-order valence-electron chi connectivity index (χ4n) is 1.55. The highest BCUT2D eigenvalue weighted by molar-refractivity contribution is 7.98. The van der Waals surface area contributed by atoms with E-state index in [0.717, 1.165) is 10.6 Å². The normalized spacial score (nSPS) is 10.1. The molecule has 0 bridgehead atoms. The smallest absolute Gasteiger partial charge is 0.204 e. The molecule has 2 aromatic rings. The third kappa shape index (κ3) is 2.48. The lowest BCUT2D eigenvalue weighted by atomic mass is 10.3. The average molecular weight is 262 g/mol. The lowest BCUT2D eigenvalue weighted by Gasteiger charge is -2.13. The van der Waals surface area contributed by atoms with Crippen LogP contribution < -0.4 is 15.8 Å². The largest absolute Gasteiger partial charge is 0.490 e. The Morgan fingerprint density at radius 3 is 2.78 bits per heavy atom. The lowest BCUT2D eigenvalue weighted by molar-refractivity contribution is 0.415. The average Bonchev–Trinajstić information content (AvgIpc) is 2.40. The van der Waals surface area contributed by atoms with Crippen LogP contribution >= 0.6 is 11.8 Å². The molecule has 0 aliphatic heterocycles. The van der Waals surface area contributed by atoms with Crippen LogP contribution in [-0.2, 0) is 0 Å². The molecule has 0 saturated heterocycles. The molecular weight excluding hydrogens is 248 g/mol. The zero-order valence-electron chi connectivity index (χ0n) is 10.2. The third-order valence-electron chi connectivity index (χ3n) is 2.40. The van der Waals surface area contributed by atoms with Crippen molar-refractivity contribution in [2.24, 2.45) is 0 Å². The first-order valence-electron chi connectivity index (χ1n) is 5.30. The number of hydrogen-bond acceptors (Lipinski definition) is 6. The van der Waals surface area contributed by atoms with E-state index in [-0.39, 0.29) is 0 Å². The number of methoxy groups -OCH3 is 1. The maximum absolute atomic E-state index is 5.73. The van der Waals surface area contributed by atoms with E-state index in [1.165, 1.54) is 6.33 Å². The van der Waals surface area contributed by atoms with Gasteiger partial charge in [0.15, 0.2) is 11.6 Å². The van der Waals surface area contributed by atoms with Gasteiger partial charge in [-0.2, -0.15) is 0 Å². The molecule has 5 nitrogen and oxygen atoms in total. The Morgan fingerprint density at radius 2 is 2.06 bits per heavy atom. The highest BCUT2D eigenvalue weighted by Gasteiger charge is 2.10. The van der Waals surface area contributed by atoms with Crippen LogP contribution in [0.3, 0.4) is 0 Å². The molecule has 0 radical (unpaired) electrons. The van der Waals surface area contributed by atoms with E-state index in [9.17, 15) is 0 Å². The molecule has 0 aliphatic carbocycles. The standard InChI is InChI=1S/C12H14N4OS/c1-17-10-11(13)14-7-15-12(10)16-8-5-3-4-6-9(8)18-2/h3-7H,1-2H3,(H3,13,14,15,16). The van der Waals surface area contributed by atoms with Crippen molar-refractivity contribution >= 4 is 29.1 Å². The summed E-state index contributed by atoms with van der Waals surface area (Å²) in [6.07, 6.45) is 3.42. The first-order chi connectivity index (χ1) is 8.76. The van der Waals surface area contributed by atoms with Gasteiger partial charge in [0.2, 0.25) is 5.75 Å². The number of para-hydroxylation sites is 1. The topological polar surface area (TPSA) is 73.1 Å². The van der Waals surface area contributed by atoms with Gasteiger partial charge in [-0.1, -0.05) is 12.1 Å². The zero-order valence-corrected chi connectivity index (χ0v) is 11.0. The van der Waals surface area contributed by atoms with Gasteiger partial charge in [-0.3, -0.25) is 0 Å². The van der Waals surface area contributed by atoms with Gasteiger partial charge in [0.25, 0.3) is 0 Å². The Kier molecular flexibility index (Phi) is 3.88. The predicted molar refractivity (Wildman–Crippen MR) is 74.5 cm³/mol. The number of hydrogen-bond donors (Lipinski definition) is 2. The molecule has 0 unspecified atom stereocenters. The maximum Gasteiger partial charge on any atom is 0.204 e. The van der Waals surface area contributed by atoms with E-state index >= 15 is 0 Å². The van der Waals surface area contributed by atoms with Crippen LogP contribution in [0.1, 0.15) is 0 Å². The summed E-state index contributed by atoms with van der Waals surface area (Å²) >= 11 is 1.65. The van der Waals surface area contributed by atoms with E-state index < -0.39 is 0 Å². The number of nitrogens with two attached hydrogens (primary N) is 1. The number of anilines is 3. The Balaban J connectivity index is 2.37. The molecule has 0 saturated carbocycles. The first kappa shape index (κ1) is 12.5. The molecule has 0 atom stereocenters. The summed E-state index contributed by atoms with van der Waals surface area (Å²) in [5.41, 5.74) is 6.69. The lowest BCUT2D eigenvalue weighted by Crippen LogP contribution is -2.03. The van der Waals surface area contributed by atoms with E-state index in [0.29, 0.717) is 17.4 Å². The number of nitrogens with zero attached hydrogens (tertiary/aromatic N) is 2. The summed E-state index contributed by atoms with van der Waals surface area (Å²) in [7, 11) is 1.54. The minimum absolute atomic E-state index is 0.316. The van der Waals surface area contributed by atoms with Gasteiger partial charge in [0.1, 0.15) is 6.33 Å². The molecule has 94 valence electrons. The zero-order chi connectivity index (χ0) is 13.0. The first-order valence-corrected chi connectivity index (χ1v) is 6.53. The molecule has 1 aromatic carbocycles. The van der Waals surface area contributed by atoms with Gasteiger partial charge in [-0.15, -0.1) is 11.8 Å². The van der Waals surface area contributed by atoms with Crippen molar-refractivity contribution in [2.75, 3.05) is 24.4 Å². The van der Waals surface area contributed by atoms with Crippen molar-refractivity contribution in [1.82, 2.24) is 9.97 Å². The minimum atomic E-state index is 0.316. The van der Waals surface area contributed by atoms with Crippen LogP contribution in [0.25, 0.3) is 0 Å². The fraction of sp³-hybridized carbons (Fsp3) is 0.167. The molecule has 1 aromatic heterocycles. The number of nitrogens with one attached hydrogen (secondary N) is 1. The molecule has 0 fully saturated rings. The summed E-state index contributed by atoms with van der Waals surface area (Å²) in [5, 5.41) is 3.21. The Labute approximate surface area is 110 Å². The predicted octanol–water partition coefficient (Wildman–Crippen LogP) is 2.53. The third-order valence-corrected chi connectivity index (χ3v) is 3.19. The molecule has 18 heavy (non-hydrogen) atoms. The second-order valence-electron chi connectivity index (χ2n) is 3.47. The second kappa shape index (κ2) is 5.59. The van der Waals surface area contributed by atoms with Crippen molar-refractivity contribution < 1.29 is 4.74 Å². The van der Waals surface area contributed by atoms with Crippen LogP contribution in [0.4, 0.5) is 17.3 Å². The number of nitrogen functional groups attached to an aromatic ring is 1. The van der Waals surface area contributed by atoms with Crippen LogP contribution in [0.2, 0.25) is 0 Å². The highest BCUT2D eigenvalue weighted by Crippen LogP contribution is 2.32. The van der Waals surface area contributed by atoms with Crippen LogP contribution in [0.15, 0.2) is 35.5 Å². The molecule has 1 heterocycles. The minimum Gasteiger partial charge on any atom is -0.490 e. The van der Waals surface area contributed by atoms with E-state index in [4.69, 9.17) is 10.5 Å². The van der Waals surface area contributed by atoms with Gasteiger partial charge < -0.3 is 15.8 Å². The van der Waals surface area contributed by atoms with Crippen molar-refractivity contribution in [2.45, 2.75) is 4.90 Å². The summed E-state index contributed by atoms with van der Waals surface area (Å²) in [6, 6.07) is 7.95. The molecule has 6 heteroatoms. The fourth-order valence-corrected chi connectivity index (χ4v) is 2.11. The molecule has 3 N–H and O–H groups in total. The van der Waals surface area contributed by atoms with Crippen molar-refractivity contribution in [3.8, 4) is 5.75 Å². The van der Waals surface area contributed by atoms with Crippen LogP contribution in [0.5, 0.6) is 5.75 Å². The van der Waals surface area contributed by atoms with Crippen molar-refractivity contribution in [1.29, 1.82) is 0 Å².